The monoisotopic (exact) mass is 387 g/mol. The number of carbonyl (C=O) groups is 1. The highest BCUT2D eigenvalue weighted by molar-refractivity contribution is 5.92. The predicted molar refractivity (Wildman–Crippen MR) is 113 cm³/mol. The lowest BCUT2D eigenvalue weighted by molar-refractivity contribution is 0.0949. The highest BCUT2D eigenvalue weighted by Gasteiger charge is 2.09. The minimum absolute atomic E-state index is 0.242. The Hall–Kier alpha value is -3.87. The molecule has 0 bridgehead atoms. The van der Waals surface area contributed by atoms with Crippen molar-refractivity contribution in [3.8, 4) is 5.75 Å². The summed E-state index contributed by atoms with van der Waals surface area (Å²) in [6.45, 7) is 0.522. The second kappa shape index (κ2) is 8.43. The number of rotatable bonds is 7. The molecule has 0 radical (unpaired) electrons. The summed E-state index contributed by atoms with van der Waals surface area (Å²) in [6.07, 6.45) is 5.72. The van der Waals surface area contributed by atoms with Crippen LogP contribution >= 0.6 is 0 Å². The molecule has 0 aliphatic carbocycles. The molecule has 7 nitrogen and oxygen atoms in total. The molecule has 0 spiro atoms. The SMILES string of the molecule is COc1ccc(Nc2cnc(C(=O)NCCc3c[nH]c4ccccc34)cn2)cc1. The molecule has 3 N–H and O–H groups in total. The number of aromatic nitrogens is 3. The molecule has 146 valence electrons. The summed E-state index contributed by atoms with van der Waals surface area (Å²) >= 11 is 0. The van der Waals surface area contributed by atoms with E-state index in [9.17, 15) is 4.79 Å². The van der Waals surface area contributed by atoms with Crippen LogP contribution in [0.15, 0.2) is 67.1 Å². The van der Waals surface area contributed by atoms with Crippen molar-refractivity contribution < 1.29 is 9.53 Å². The zero-order valence-electron chi connectivity index (χ0n) is 16.0. The number of aromatic amines is 1. The van der Waals surface area contributed by atoms with Crippen LogP contribution in [0.4, 0.5) is 11.5 Å². The number of benzene rings is 2. The summed E-state index contributed by atoms with van der Waals surface area (Å²) in [5, 5.41) is 7.21. The maximum Gasteiger partial charge on any atom is 0.271 e. The third-order valence-corrected chi connectivity index (χ3v) is 4.60. The van der Waals surface area contributed by atoms with E-state index < -0.39 is 0 Å². The van der Waals surface area contributed by atoms with Gasteiger partial charge in [0.2, 0.25) is 0 Å². The fraction of sp³-hybridized carbons (Fsp3) is 0.136. The Balaban J connectivity index is 1.31. The first-order chi connectivity index (χ1) is 14.2. The van der Waals surface area contributed by atoms with E-state index in [0.29, 0.717) is 12.4 Å². The van der Waals surface area contributed by atoms with Gasteiger partial charge in [0.05, 0.1) is 19.5 Å². The summed E-state index contributed by atoms with van der Waals surface area (Å²) in [4.78, 5) is 24.0. The molecule has 0 saturated heterocycles. The zero-order valence-corrected chi connectivity index (χ0v) is 16.0. The molecule has 7 heteroatoms. The Kier molecular flexibility index (Phi) is 5.38. The number of amides is 1. The molecule has 4 rings (SSSR count). The molecular formula is C22H21N5O2. The van der Waals surface area contributed by atoms with E-state index in [0.717, 1.165) is 23.4 Å². The number of fused-ring (bicyclic) bond motifs is 1. The van der Waals surface area contributed by atoms with Gasteiger partial charge in [-0.15, -0.1) is 0 Å². The van der Waals surface area contributed by atoms with Gasteiger partial charge in [0.15, 0.2) is 0 Å². The van der Waals surface area contributed by atoms with Gasteiger partial charge < -0.3 is 20.4 Å². The number of anilines is 2. The first kappa shape index (κ1) is 18.5. The van der Waals surface area contributed by atoms with Gasteiger partial charge in [0.1, 0.15) is 17.3 Å². The number of para-hydroxylation sites is 1. The van der Waals surface area contributed by atoms with Crippen LogP contribution in [0.3, 0.4) is 0 Å². The van der Waals surface area contributed by atoms with E-state index >= 15 is 0 Å². The minimum Gasteiger partial charge on any atom is -0.497 e. The molecule has 0 aliphatic heterocycles. The fourth-order valence-electron chi connectivity index (χ4n) is 3.07. The van der Waals surface area contributed by atoms with Gasteiger partial charge in [0.25, 0.3) is 5.91 Å². The number of ether oxygens (including phenoxy) is 1. The summed E-state index contributed by atoms with van der Waals surface area (Å²) < 4.78 is 5.14. The van der Waals surface area contributed by atoms with Crippen LogP contribution in [-0.2, 0) is 6.42 Å². The van der Waals surface area contributed by atoms with Crippen LogP contribution in [-0.4, -0.2) is 34.5 Å². The lowest BCUT2D eigenvalue weighted by Crippen LogP contribution is -2.26. The van der Waals surface area contributed by atoms with E-state index in [1.165, 1.54) is 17.1 Å². The number of carbonyl (C=O) groups excluding carboxylic acids is 1. The molecule has 0 saturated carbocycles. The number of hydrogen-bond donors (Lipinski definition) is 3. The molecule has 0 unspecified atom stereocenters. The third kappa shape index (κ3) is 4.35. The Morgan fingerprint density at radius 1 is 1.07 bits per heavy atom. The van der Waals surface area contributed by atoms with Gasteiger partial charge in [-0.3, -0.25) is 4.79 Å². The van der Waals surface area contributed by atoms with Crippen LogP contribution in [0.1, 0.15) is 16.1 Å². The first-order valence-corrected chi connectivity index (χ1v) is 9.29. The van der Waals surface area contributed by atoms with Gasteiger partial charge in [-0.05, 0) is 42.3 Å². The minimum atomic E-state index is -0.242. The molecule has 0 fully saturated rings. The number of nitrogens with one attached hydrogen (secondary N) is 3. The van der Waals surface area contributed by atoms with Crippen molar-refractivity contribution in [2.75, 3.05) is 19.0 Å². The normalized spacial score (nSPS) is 10.7. The second-order valence-electron chi connectivity index (χ2n) is 6.51. The molecule has 2 heterocycles. The van der Waals surface area contributed by atoms with Crippen molar-refractivity contribution in [2.24, 2.45) is 0 Å². The average molecular weight is 387 g/mol. The maximum absolute atomic E-state index is 12.3. The zero-order chi connectivity index (χ0) is 20.1. The second-order valence-corrected chi connectivity index (χ2v) is 6.51. The molecule has 4 aromatic rings. The molecule has 0 atom stereocenters. The molecule has 2 aromatic heterocycles. The van der Waals surface area contributed by atoms with Crippen LogP contribution < -0.4 is 15.4 Å². The van der Waals surface area contributed by atoms with Crippen molar-refractivity contribution in [1.82, 2.24) is 20.3 Å². The van der Waals surface area contributed by atoms with E-state index in [-0.39, 0.29) is 11.6 Å². The van der Waals surface area contributed by atoms with Crippen molar-refractivity contribution in [3.63, 3.8) is 0 Å². The molecule has 29 heavy (non-hydrogen) atoms. The van der Waals surface area contributed by atoms with Crippen LogP contribution in [0, 0.1) is 0 Å². The standard InChI is InChI=1S/C22H21N5O2/c1-29-17-8-6-16(7-9-17)27-21-14-25-20(13-26-21)22(28)23-11-10-15-12-24-19-5-3-2-4-18(15)19/h2-9,12-14,24H,10-11H2,1H3,(H,23,28)(H,26,27). The van der Waals surface area contributed by atoms with Crippen LogP contribution in [0.2, 0.25) is 0 Å². The quantitative estimate of drug-likeness (QED) is 0.450. The van der Waals surface area contributed by atoms with E-state index in [4.69, 9.17) is 4.74 Å². The highest BCUT2D eigenvalue weighted by atomic mass is 16.5. The van der Waals surface area contributed by atoms with E-state index in [1.54, 1.807) is 13.3 Å². The van der Waals surface area contributed by atoms with E-state index in [2.05, 4.69) is 31.7 Å². The van der Waals surface area contributed by atoms with Crippen molar-refractivity contribution in [1.29, 1.82) is 0 Å². The Morgan fingerprint density at radius 3 is 2.66 bits per heavy atom. The number of H-pyrrole nitrogens is 1. The summed E-state index contributed by atoms with van der Waals surface area (Å²) in [6, 6.07) is 15.6. The summed E-state index contributed by atoms with van der Waals surface area (Å²) in [5.74, 6) is 1.10. The fourth-order valence-corrected chi connectivity index (χ4v) is 3.07. The largest absolute Gasteiger partial charge is 0.497 e. The van der Waals surface area contributed by atoms with Gasteiger partial charge in [-0.1, -0.05) is 18.2 Å². The first-order valence-electron chi connectivity index (χ1n) is 9.29. The highest BCUT2D eigenvalue weighted by Crippen LogP contribution is 2.19. The van der Waals surface area contributed by atoms with Crippen molar-refractivity contribution >= 4 is 28.3 Å². The third-order valence-electron chi connectivity index (χ3n) is 4.60. The van der Waals surface area contributed by atoms with Crippen molar-refractivity contribution in [2.45, 2.75) is 6.42 Å². The summed E-state index contributed by atoms with van der Waals surface area (Å²) in [5.41, 5.74) is 3.41. The molecule has 2 aromatic carbocycles. The maximum atomic E-state index is 12.3. The lowest BCUT2D eigenvalue weighted by atomic mass is 10.1. The van der Waals surface area contributed by atoms with Gasteiger partial charge >= 0.3 is 0 Å². The van der Waals surface area contributed by atoms with Crippen molar-refractivity contribution in [3.05, 3.63) is 78.4 Å². The predicted octanol–water partition coefficient (Wildman–Crippen LogP) is 3.68. The number of hydrogen-bond acceptors (Lipinski definition) is 5. The van der Waals surface area contributed by atoms with Gasteiger partial charge in [0, 0.05) is 29.3 Å². The summed E-state index contributed by atoms with van der Waals surface area (Å²) in [7, 11) is 1.62. The Morgan fingerprint density at radius 2 is 1.90 bits per heavy atom. The molecule has 1 amide bonds. The van der Waals surface area contributed by atoms with Gasteiger partial charge in [-0.25, -0.2) is 9.97 Å². The number of methoxy groups -OCH3 is 1. The van der Waals surface area contributed by atoms with Crippen LogP contribution in [0.25, 0.3) is 10.9 Å². The van der Waals surface area contributed by atoms with Gasteiger partial charge in [-0.2, -0.15) is 0 Å². The Labute approximate surface area is 168 Å². The van der Waals surface area contributed by atoms with E-state index in [1.807, 2.05) is 48.7 Å². The Bertz CT molecular complexity index is 1100. The number of nitrogens with zero attached hydrogens (tertiary/aromatic N) is 2. The average Bonchev–Trinajstić information content (AvgIpc) is 3.18. The molecule has 0 aliphatic rings. The van der Waals surface area contributed by atoms with Crippen LogP contribution in [0.5, 0.6) is 5.75 Å². The topological polar surface area (TPSA) is 91.9 Å². The lowest BCUT2D eigenvalue weighted by Gasteiger charge is -2.07. The smallest absolute Gasteiger partial charge is 0.271 e. The molecular weight excluding hydrogens is 366 g/mol.